The van der Waals surface area contributed by atoms with Gasteiger partial charge in [0, 0.05) is 35.5 Å². The molecule has 1 aromatic carbocycles. The first kappa shape index (κ1) is 20.5. The van der Waals surface area contributed by atoms with E-state index in [9.17, 15) is 23.4 Å². The second kappa shape index (κ2) is 6.55. The molecule has 1 aliphatic carbocycles. The maximum absolute atomic E-state index is 10.9. The van der Waals surface area contributed by atoms with E-state index >= 15 is 0 Å². The first-order valence-electron chi connectivity index (χ1n) is 9.74. The number of fused-ring (bicyclic) bond motifs is 2. The van der Waals surface area contributed by atoms with E-state index in [-0.39, 0.29) is 17.2 Å². The normalized spacial score (nSPS) is 28.9. The Hall–Kier alpha value is -2.40. The number of carboxylic acids is 1. The van der Waals surface area contributed by atoms with Crippen LogP contribution in [-0.4, -0.2) is 53.8 Å². The second-order valence-electron chi connectivity index (χ2n) is 8.26. The summed E-state index contributed by atoms with van der Waals surface area (Å²) in [5.41, 5.74) is 3.84. The van der Waals surface area contributed by atoms with Gasteiger partial charge in [-0.2, -0.15) is 13.2 Å². The van der Waals surface area contributed by atoms with Gasteiger partial charge in [0.05, 0.1) is 16.5 Å². The Bertz CT molecular complexity index is 1220. The highest BCUT2D eigenvalue weighted by molar-refractivity contribution is 9.11. The summed E-state index contributed by atoms with van der Waals surface area (Å²) in [7, 11) is 0. The van der Waals surface area contributed by atoms with Crippen molar-refractivity contribution in [2.24, 2.45) is 4.99 Å². The number of phenols is 1. The van der Waals surface area contributed by atoms with Gasteiger partial charge in [0.2, 0.25) is 5.36 Å². The minimum atomic E-state index is -5.19. The number of aliphatic imine (C=N–C) groups is 1. The number of nitrogens with zero attached hydrogens (tertiary/aromatic N) is 2. The summed E-state index contributed by atoms with van der Waals surface area (Å²) in [6, 6.07) is 0.0821. The first-order chi connectivity index (χ1) is 14.5. The largest absolute Gasteiger partial charge is 0.542 e. The standard InChI is InChI=1S/C18H16BrN3O2.C2HF3O2/c19-9-5-18-2-3-20-14-12(18)15-11-8(7-21-13(11)17(14)24)1-4-22(15)10(6-18)16(9)23;3-2(4,5)1(6)7/h5,7,10,16,23H,1-4,6H2,(H,20,21,24);(H,6,7). The van der Waals surface area contributed by atoms with Gasteiger partial charge in [0.1, 0.15) is 24.3 Å². The van der Waals surface area contributed by atoms with Gasteiger partial charge < -0.3 is 25.4 Å². The van der Waals surface area contributed by atoms with Crippen LogP contribution in [0.5, 0.6) is 5.75 Å². The van der Waals surface area contributed by atoms with Crippen molar-refractivity contribution in [1.82, 2.24) is 4.58 Å². The van der Waals surface area contributed by atoms with Gasteiger partial charge in [-0.05, 0) is 12.0 Å². The van der Waals surface area contributed by atoms with Crippen molar-refractivity contribution in [3.8, 4) is 5.75 Å². The molecule has 0 saturated carbocycles. The van der Waals surface area contributed by atoms with Crippen LogP contribution < -0.4 is 25.6 Å². The first-order valence-corrected chi connectivity index (χ1v) is 10.5. The Kier molecular flexibility index (Phi) is 4.33. The van der Waals surface area contributed by atoms with Crippen LogP contribution >= 0.6 is 15.9 Å². The average Bonchev–Trinajstić information content (AvgIpc) is 3.14. The maximum atomic E-state index is 10.9. The molecule has 31 heavy (non-hydrogen) atoms. The van der Waals surface area contributed by atoms with Crippen LogP contribution in [0.15, 0.2) is 15.6 Å². The Balaban J connectivity index is 0.000000256. The van der Waals surface area contributed by atoms with E-state index in [1.165, 1.54) is 16.5 Å². The predicted octanol–water partition coefficient (Wildman–Crippen LogP) is -0.0688. The Morgan fingerprint density at radius 3 is 2.81 bits per heavy atom. The number of rotatable bonds is 0. The number of carboxylic acid groups (broad SMARTS) is 1. The number of aliphatic hydroxyl groups is 1. The van der Waals surface area contributed by atoms with Gasteiger partial charge in [-0.1, -0.05) is 22.0 Å². The number of anilines is 1. The van der Waals surface area contributed by atoms with Gasteiger partial charge in [-0.3, -0.25) is 4.99 Å². The molecule has 4 aliphatic heterocycles. The average molecular weight is 500 g/mol. The number of alkyl halides is 3. The van der Waals surface area contributed by atoms with E-state index in [0.717, 1.165) is 47.7 Å². The van der Waals surface area contributed by atoms with Gasteiger partial charge in [0.25, 0.3) is 0 Å². The molecule has 7 nitrogen and oxygen atoms in total. The molecule has 1 aromatic rings. The summed E-state index contributed by atoms with van der Waals surface area (Å²) in [6.45, 7) is 1.71. The van der Waals surface area contributed by atoms with E-state index in [4.69, 9.17) is 9.90 Å². The lowest BCUT2D eigenvalue weighted by Gasteiger charge is -2.45. The van der Waals surface area contributed by atoms with E-state index in [2.05, 4.69) is 36.9 Å². The van der Waals surface area contributed by atoms with Crippen LogP contribution in [0, 0.1) is 0 Å². The van der Waals surface area contributed by atoms with Crippen molar-refractivity contribution < 1.29 is 33.3 Å². The number of phenolic OH excluding ortho intramolecular Hbond substituents is 1. The fourth-order valence-electron chi connectivity index (χ4n) is 5.41. The van der Waals surface area contributed by atoms with E-state index in [1.54, 1.807) is 0 Å². The molecular formula is C20H17BrF3N3O4. The topological polar surface area (TPSA) is 108 Å². The van der Waals surface area contributed by atoms with Crippen molar-refractivity contribution in [3.05, 3.63) is 26.7 Å². The number of carbonyl (C=O) groups is 1. The lowest BCUT2D eigenvalue weighted by molar-refractivity contribution is -0.344. The highest BCUT2D eigenvalue weighted by Gasteiger charge is 2.54. The molecule has 0 amide bonds. The smallest absolute Gasteiger partial charge is 0.430 e. The number of hydrogen-bond donors (Lipinski definition) is 3. The van der Waals surface area contributed by atoms with Crippen molar-refractivity contribution in [1.29, 1.82) is 0 Å². The van der Waals surface area contributed by atoms with Gasteiger partial charge >= 0.3 is 6.18 Å². The molecule has 4 heterocycles. The lowest BCUT2D eigenvalue weighted by atomic mass is 9.64. The Labute approximate surface area is 182 Å². The van der Waals surface area contributed by atoms with Crippen molar-refractivity contribution in [2.45, 2.75) is 43.0 Å². The zero-order valence-electron chi connectivity index (χ0n) is 16.0. The van der Waals surface area contributed by atoms with Crippen LogP contribution in [0.1, 0.15) is 24.8 Å². The highest BCUT2D eigenvalue weighted by atomic mass is 79.9. The van der Waals surface area contributed by atoms with E-state index in [0.29, 0.717) is 5.69 Å². The number of hydrogen-bond acceptors (Lipinski definition) is 6. The third-order valence-corrected chi connectivity index (χ3v) is 7.34. The van der Waals surface area contributed by atoms with Crippen LogP contribution in [0.3, 0.4) is 0 Å². The van der Waals surface area contributed by atoms with Gasteiger partial charge in [0.15, 0.2) is 11.8 Å². The summed E-state index contributed by atoms with van der Waals surface area (Å²) in [5, 5.41) is 36.1. The van der Waals surface area contributed by atoms with Gasteiger partial charge in [-0.25, -0.2) is 4.58 Å². The highest BCUT2D eigenvalue weighted by Crippen LogP contribution is 2.51. The monoisotopic (exact) mass is 499 g/mol. The summed E-state index contributed by atoms with van der Waals surface area (Å²) in [6.07, 6.45) is 1.20. The number of allylic oxidation sites excluding steroid dienone is 1. The van der Waals surface area contributed by atoms with E-state index < -0.39 is 18.2 Å². The molecule has 11 heteroatoms. The molecule has 0 radical (unpaired) electrons. The van der Waals surface area contributed by atoms with Crippen molar-refractivity contribution in [3.63, 3.8) is 0 Å². The molecule has 164 valence electrons. The number of aromatic hydroxyl groups is 1. The Morgan fingerprint density at radius 1 is 1.42 bits per heavy atom. The van der Waals surface area contributed by atoms with Crippen LogP contribution in [-0.2, 0) is 10.2 Å². The number of aliphatic carboxylic acids is 1. The quantitative estimate of drug-likeness (QED) is 0.342. The molecule has 3 N–H and O–H groups in total. The predicted molar refractivity (Wildman–Crippen MR) is 107 cm³/mol. The summed E-state index contributed by atoms with van der Waals surface area (Å²) in [5.74, 6) is -2.72. The molecule has 5 aliphatic rings. The number of aliphatic hydroxyl groups excluding tert-OH is 1. The molecule has 1 spiro atoms. The summed E-state index contributed by atoms with van der Waals surface area (Å²) in [4.78, 5) is 13.3. The van der Waals surface area contributed by atoms with Crippen molar-refractivity contribution in [2.75, 3.05) is 18.4 Å². The SMILES string of the molecule is O=C([O-])C(F)(F)F.Oc1c2c3c4c5c1N=CC=5CC[N+]=4C1CC3(C=C(Br)C1O)CCN2. The summed E-state index contributed by atoms with van der Waals surface area (Å²) >= 11 is 3.61. The summed E-state index contributed by atoms with van der Waals surface area (Å²) < 4.78 is 34.8. The lowest BCUT2D eigenvalue weighted by Crippen LogP contribution is -2.64. The molecule has 0 aromatic heterocycles. The van der Waals surface area contributed by atoms with Crippen LogP contribution in [0.25, 0.3) is 5.57 Å². The fourth-order valence-corrected chi connectivity index (χ4v) is 6.15. The molecule has 6 rings (SSSR count). The molecule has 2 bridgehead atoms. The van der Waals surface area contributed by atoms with E-state index in [1.807, 2.05) is 6.21 Å². The number of halogens is 4. The third-order valence-electron chi connectivity index (χ3n) is 6.64. The molecular weight excluding hydrogens is 483 g/mol. The molecule has 0 fully saturated rings. The maximum Gasteiger partial charge on any atom is 0.430 e. The molecule has 3 unspecified atom stereocenters. The molecule has 0 saturated heterocycles. The van der Waals surface area contributed by atoms with Gasteiger partial charge in [-0.15, -0.1) is 0 Å². The van der Waals surface area contributed by atoms with Crippen molar-refractivity contribution >= 4 is 45.1 Å². The third kappa shape index (κ3) is 2.78. The zero-order chi connectivity index (χ0) is 22.3. The number of benzene rings is 1. The second-order valence-corrected chi connectivity index (χ2v) is 9.18. The van der Waals surface area contributed by atoms with Crippen LogP contribution in [0.4, 0.5) is 24.5 Å². The minimum absolute atomic E-state index is 0.0821. The molecule has 3 atom stereocenters. The Morgan fingerprint density at radius 2 is 2.13 bits per heavy atom. The number of carbonyl (C=O) groups excluding carboxylic acids is 1. The fraction of sp³-hybridized carbons (Fsp3) is 0.450. The zero-order valence-corrected chi connectivity index (χ0v) is 17.5. The number of nitrogens with one attached hydrogen (secondary N) is 1. The minimum Gasteiger partial charge on any atom is -0.542 e. The van der Waals surface area contributed by atoms with Crippen LogP contribution in [0.2, 0.25) is 0 Å².